The number of nitrogens with zero attached hydrogens (tertiary/aromatic N) is 1. The molecule has 0 fully saturated rings. The van der Waals surface area contributed by atoms with E-state index in [0.29, 0.717) is 18.5 Å². The first-order chi connectivity index (χ1) is 15.0. The molecule has 3 aromatic rings. The first-order valence-corrected chi connectivity index (χ1v) is 12.1. The lowest BCUT2D eigenvalue weighted by atomic mass is 9.95. The number of hydrogen-bond acceptors (Lipinski definition) is 3. The van der Waals surface area contributed by atoms with Gasteiger partial charge >= 0.3 is 0 Å². The van der Waals surface area contributed by atoms with Crippen molar-refractivity contribution in [1.29, 1.82) is 0 Å². The van der Waals surface area contributed by atoms with Gasteiger partial charge in [0.25, 0.3) is 0 Å². The highest BCUT2D eigenvalue weighted by Crippen LogP contribution is 2.28. The van der Waals surface area contributed by atoms with Crippen molar-refractivity contribution >= 4 is 21.6 Å². The minimum Gasteiger partial charge on any atom is -0.324 e. The van der Waals surface area contributed by atoms with Crippen molar-refractivity contribution in [2.45, 2.75) is 32.4 Å². The summed E-state index contributed by atoms with van der Waals surface area (Å²) in [5, 5.41) is 3.01. The number of nitrogens with one attached hydrogen (secondary N) is 1. The van der Waals surface area contributed by atoms with Gasteiger partial charge in [-0.05, 0) is 48.1 Å². The first kappa shape index (κ1) is 21.3. The van der Waals surface area contributed by atoms with E-state index in [0.717, 1.165) is 22.3 Å². The van der Waals surface area contributed by atoms with Crippen LogP contribution in [0.15, 0.2) is 78.9 Å². The SMILES string of the molecule is CCS(=O)(=O)N1Cc2ccccc2C[C@@H]1C(=O)Nc1ccccc1Cc1ccccc1. The summed E-state index contributed by atoms with van der Waals surface area (Å²) < 4.78 is 26.9. The van der Waals surface area contributed by atoms with E-state index < -0.39 is 16.1 Å². The largest absolute Gasteiger partial charge is 0.324 e. The predicted molar refractivity (Wildman–Crippen MR) is 123 cm³/mol. The van der Waals surface area contributed by atoms with Crippen molar-refractivity contribution in [2.75, 3.05) is 11.1 Å². The van der Waals surface area contributed by atoms with Gasteiger partial charge in [-0.2, -0.15) is 4.31 Å². The lowest BCUT2D eigenvalue weighted by Gasteiger charge is -2.35. The van der Waals surface area contributed by atoms with Crippen molar-refractivity contribution in [1.82, 2.24) is 4.31 Å². The molecule has 0 radical (unpaired) electrons. The maximum atomic E-state index is 13.3. The number of para-hydroxylation sites is 1. The standard InChI is InChI=1S/C25H26N2O3S/c1-2-31(29,30)27-18-22-14-7-6-12-20(22)17-24(27)25(28)26-23-15-9-8-13-21(23)16-19-10-4-3-5-11-19/h3-15,24H,2,16-18H2,1H3,(H,26,28)/t24-/m1/s1. The summed E-state index contributed by atoms with van der Waals surface area (Å²) in [5.41, 5.74) is 4.81. The van der Waals surface area contributed by atoms with Gasteiger partial charge in [0, 0.05) is 12.2 Å². The fourth-order valence-corrected chi connectivity index (χ4v) is 5.23. The zero-order chi connectivity index (χ0) is 21.8. The Morgan fingerprint density at radius 3 is 2.32 bits per heavy atom. The minimum absolute atomic E-state index is 0.0382. The van der Waals surface area contributed by atoms with E-state index in [9.17, 15) is 13.2 Å². The van der Waals surface area contributed by atoms with Crippen molar-refractivity contribution in [3.8, 4) is 0 Å². The third kappa shape index (κ3) is 4.70. The molecule has 0 unspecified atom stereocenters. The summed E-state index contributed by atoms with van der Waals surface area (Å²) in [4.78, 5) is 13.3. The van der Waals surface area contributed by atoms with Gasteiger partial charge in [-0.15, -0.1) is 0 Å². The maximum Gasteiger partial charge on any atom is 0.243 e. The molecule has 1 atom stereocenters. The Morgan fingerprint density at radius 1 is 0.935 bits per heavy atom. The van der Waals surface area contributed by atoms with Crippen LogP contribution in [0.2, 0.25) is 0 Å². The van der Waals surface area contributed by atoms with E-state index in [1.165, 1.54) is 4.31 Å². The molecule has 31 heavy (non-hydrogen) atoms. The molecule has 3 aromatic carbocycles. The summed E-state index contributed by atoms with van der Waals surface area (Å²) in [7, 11) is -3.54. The van der Waals surface area contributed by atoms with Crippen molar-refractivity contribution in [3.05, 3.63) is 101 Å². The number of amides is 1. The Labute approximate surface area is 183 Å². The van der Waals surface area contributed by atoms with Crippen LogP contribution in [0, 0.1) is 0 Å². The van der Waals surface area contributed by atoms with E-state index in [1.807, 2.05) is 78.9 Å². The minimum atomic E-state index is -3.54. The Balaban J connectivity index is 1.61. The number of carbonyl (C=O) groups excluding carboxylic acids is 1. The van der Waals surface area contributed by atoms with Crippen molar-refractivity contribution in [2.24, 2.45) is 0 Å². The van der Waals surface area contributed by atoms with Crippen LogP contribution in [0.1, 0.15) is 29.2 Å². The van der Waals surface area contributed by atoms with E-state index in [1.54, 1.807) is 6.92 Å². The molecule has 0 bridgehead atoms. The summed E-state index contributed by atoms with van der Waals surface area (Å²) in [6.07, 6.45) is 1.05. The Hall–Kier alpha value is -2.96. The normalized spacial score (nSPS) is 16.5. The average Bonchev–Trinajstić information content (AvgIpc) is 2.80. The van der Waals surface area contributed by atoms with Gasteiger partial charge in [-0.25, -0.2) is 8.42 Å². The summed E-state index contributed by atoms with van der Waals surface area (Å²) >= 11 is 0. The Bertz CT molecular complexity index is 1180. The molecule has 1 heterocycles. The first-order valence-electron chi connectivity index (χ1n) is 10.5. The molecule has 0 aliphatic carbocycles. The van der Waals surface area contributed by atoms with Crippen LogP contribution in [0.4, 0.5) is 5.69 Å². The molecule has 4 rings (SSSR count). The number of anilines is 1. The molecule has 6 heteroatoms. The highest BCUT2D eigenvalue weighted by molar-refractivity contribution is 7.89. The molecule has 160 valence electrons. The lowest BCUT2D eigenvalue weighted by Crippen LogP contribution is -2.51. The molecular formula is C25H26N2O3S. The van der Waals surface area contributed by atoms with Gasteiger partial charge in [0.05, 0.1) is 5.75 Å². The van der Waals surface area contributed by atoms with E-state index >= 15 is 0 Å². The van der Waals surface area contributed by atoms with Crippen LogP contribution in [0.5, 0.6) is 0 Å². The van der Waals surface area contributed by atoms with Gasteiger partial charge < -0.3 is 5.32 Å². The fourth-order valence-electron chi connectivity index (χ4n) is 4.01. The monoisotopic (exact) mass is 434 g/mol. The van der Waals surface area contributed by atoms with Gasteiger partial charge in [0.1, 0.15) is 6.04 Å². The molecule has 0 spiro atoms. The number of carbonyl (C=O) groups is 1. The summed E-state index contributed by atoms with van der Waals surface area (Å²) in [6, 6.07) is 24.7. The second-order valence-electron chi connectivity index (χ2n) is 7.74. The van der Waals surface area contributed by atoms with Crippen molar-refractivity contribution in [3.63, 3.8) is 0 Å². The molecule has 5 nitrogen and oxygen atoms in total. The van der Waals surface area contributed by atoms with Crippen LogP contribution in [-0.2, 0) is 34.2 Å². The van der Waals surface area contributed by atoms with E-state index in [4.69, 9.17) is 0 Å². The topological polar surface area (TPSA) is 66.5 Å². The zero-order valence-electron chi connectivity index (χ0n) is 17.5. The summed E-state index contributed by atoms with van der Waals surface area (Å²) in [6.45, 7) is 1.83. The number of fused-ring (bicyclic) bond motifs is 1. The van der Waals surface area contributed by atoms with E-state index in [-0.39, 0.29) is 18.2 Å². The molecule has 0 saturated heterocycles. The molecule has 1 aliphatic heterocycles. The smallest absolute Gasteiger partial charge is 0.243 e. The number of benzene rings is 3. The van der Waals surface area contributed by atoms with Crippen LogP contribution >= 0.6 is 0 Å². The molecular weight excluding hydrogens is 408 g/mol. The molecule has 1 N–H and O–H groups in total. The van der Waals surface area contributed by atoms with E-state index in [2.05, 4.69) is 5.32 Å². The zero-order valence-corrected chi connectivity index (χ0v) is 18.3. The highest BCUT2D eigenvalue weighted by Gasteiger charge is 2.38. The molecule has 0 saturated carbocycles. The van der Waals surface area contributed by atoms with Gasteiger partial charge in [-0.1, -0.05) is 72.8 Å². The molecule has 1 aliphatic rings. The van der Waals surface area contributed by atoms with Gasteiger partial charge in [0.2, 0.25) is 15.9 Å². The maximum absolute atomic E-state index is 13.3. The van der Waals surface area contributed by atoms with Crippen LogP contribution < -0.4 is 5.32 Å². The number of hydrogen-bond donors (Lipinski definition) is 1. The second kappa shape index (κ2) is 9.04. The van der Waals surface area contributed by atoms with Gasteiger partial charge in [0.15, 0.2) is 0 Å². The third-order valence-electron chi connectivity index (χ3n) is 5.74. The number of sulfonamides is 1. The number of rotatable bonds is 6. The Morgan fingerprint density at radius 2 is 1.58 bits per heavy atom. The second-order valence-corrected chi connectivity index (χ2v) is 9.95. The predicted octanol–water partition coefficient (Wildman–Crippen LogP) is 3.99. The van der Waals surface area contributed by atoms with Gasteiger partial charge in [-0.3, -0.25) is 4.79 Å². The van der Waals surface area contributed by atoms with Crippen LogP contribution in [0.3, 0.4) is 0 Å². The third-order valence-corrected chi connectivity index (χ3v) is 7.57. The lowest BCUT2D eigenvalue weighted by molar-refractivity contribution is -0.120. The highest BCUT2D eigenvalue weighted by atomic mass is 32.2. The quantitative estimate of drug-likeness (QED) is 0.638. The average molecular weight is 435 g/mol. The molecule has 0 aromatic heterocycles. The van der Waals surface area contributed by atoms with Crippen LogP contribution in [0.25, 0.3) is 0 Å². The molecule has 1 amide bonds. The van der Waals surface area contributed by atoms with Crippen LogP contribution in [-0.4, -0.2) is 30.4 Å². The Kier molecular flexibility index (Phi) is 6.20. The van der Waals surface area contributed by atoms with Crippen molar-refractivity contribution < 1.29 is 13.2 Å². The summed E-state index contributed by atoms with van der Waals surface area (Å²) in [5.74, 6) is -0.337. The fraction of sp³-hybridized carbons (Fsp3) is 0.240.